The minimum absolute atomic E-state index is 0.0187. The number of aliphatic hydroxyl groups excluding tert-OH is 2. The molecule has 5 atom stereocenters. The molecule has 1 saturated heterocycles. The van der Waals surface area contributed by atoms with E-state index in [4.69, 9.17) is 0 Å². The highest BCUT2D eigenvalue weighted by Crippen LogP contribution is 2.48. The van der Waals surface area contributed by atoms with Gasteiger partial charge in [0, 0.05) is 18.5 Å². The molecule has 1 aromatic carbocycles. The molecule has 3 unspecified atom stereocenters. The summed E-state index contributed by atoms with van der Waals surface area (Å²) in [4.78, 5) is 50.9. The molecule has 2 saturated carbocycles. The summed E-state index contributed by atoms with van der Waals surface area (Å²) >= 11 is 0. The number of nitrogens with one attached hydrogen (secondary N) is 2. The Morgan fingerprint density at radius 1 is 1.20 bits per heavy atom. The van der Waals surface area contributed by atoms with E-state index in [1.54, 1.807) is 18.2 Å². The van der Waals surface area contributed by atoms with Gasteiger partial charge in [-0.15, -0.1) is 5.10 Å². The number of imide groups is 1. The summed E-state index contributed by atoms with van der Waals surface area (Å²) < 4.78 is 1.42. The number of piperidine rings is 1. The van der Waals surface area contributed by atoms with E-state index in [1.165, 1.54) is 15.8 Å². The Balaban J connectivity index is 1.19. The van der Waals surface area contributed by atoms with Crippen molar-refractivity contribution in [3.8, 4) is 5.69 Å². The van der Waals surface area contributed by atoms with Crippen molar-refractivity contribution < 1.29 is 29.4 Å². The van der Waals surface area contributed by atoms with Crippen LogP contribution in [-0.2, 0) is 16.1 Å². The SMILES string of the molecule is O=C1CCC(N2Cc3cc(-n4cc(C(=O)NC56CCC(C5)[C@H](O)[C@@H]6O)nn4)ccc3C2=O)C(=O)N1. The van der Waals surface area contributed by atoms with Crippen molar-refractivity contribution in [1.29, 1.82) is 0 Å². The minimum Gasteiger partial charge on any atom is -0.390 e. The van der Waals surface area contributed by atoms with Gasteiger partial charge >= 0.3 is 0 Å². The van der Waals surface area contributed by atoms with Gasteiger partial charge in [0.05, 0.1) is 23.5 Å². The highest BCUT2D eigenvalue weighted by Gasteiger charge is 2.58. The van der Waals surface area contributed by atoms with Crippen molar-refractivity contribution in [3.63, 3.8) is 0 Å². The van der Waals surface area contributed by atoms with Crippen LogP contribution in [0.4, 0.5) is 0 Å². The van der Waals surface area contributed by atoms with Crippen molar-refractivity contribution in [1.82, 2.24) is 30.5 Å². The first kappa shape index (κ1) is 21.9. The van der Waals surface area contributed by atoms with E-state index < -0.39 is 35.6 Å². The normalized spacial score (nSPS) is 31.6. The number of hydrogen-bond acceptors (Lipinski definition) is 8. The van der Waals surface area contributed by atoms with Crippen LogP contribution in [0.2, 0.25) is 0 Å². The van der Waals surface area contributed by atoms with E-state index in [-0.39, 0.29) is 42.8 Å². The van der Waals surface area contributed by atoms with Crippen LogP contribution in [0.15, 0.2) is 24.4 Å². The third-order valence-electron chi connectivity index (χ3n) is 7.82. The largest absolute Gasteiger partial charge is 0.390 e. The highest BCUT2D eigenvalue weighted by molar-refractivity contribution is 6.05. The Morgan fingerprint density at radius 3 is 2.77 bits per heavy atom. The monoisotopic (exact) mass is 480 g/mol. The van der Waals surface area contributed by atoms with Crippen LogP contribution in [0.5, 0.6) is 0 Å². The lowest BCUT2D eigenvalue weighted by atomic mass is 9.89. The van der Waals surface area contributed by atoms with E-state index in [2.05, 4.69) is 20.9 Å². The molecular formula is C23H24N6O6. The molecule has 1 aromatic heterocycles. The summed E-state index contributed by atoms with van der Waals surface area (Å²) in [5.41, 5.74) is 0.984. The minimum atomic E-state index is -1.01. The van der Waals surface area contributed by atoms with Crippen molar-refractivity contribution in [2.24, 2.45) is 5.92 Å². The molecule has 2 aliphatic heterocycles. The molecule has 4 aliphatic rings. The number of carbonyl (C=O) groups excluding carboxylic acids is 4. The Kier molecular flexibility index (Phi) is 4.80. The topological polar surface area (TPSA) is 167 Å². The summed E-state index contributed by atoms with van der Waals surface area (Å²) in [6.07, 6.45) is 1.95. The summed E-state index contributed by atoms with van der Waals surface area (Å²) in [6.45, 7) is 0.222. The molecule has 182 valence electrons. The van der Waals surface area contributed by atoms with Gasteiger partial charge in [0.25, 0.3) is 11.8 Å². The van der Waals surface area contributed by atoms with Crippen LogP contribution in [0.3, 0.4) is 0 Å². The van der Waals surface area contributed by atoms with Crippen LogP contribution < -0.4 is 10.6 Å². The molecule has 0 radical (unpaired) electrons. The second-order valence-corrected chi connectivity index (χ2v) is 9.84. The van der Waals surface area contributed by atoms with Crippen LogP contribution >= 0.6 is 0 Å². The molecule has 12 nitrogen and oxygen atoms in total. The molecule has 2 aromatic rings. The molecule has 35 heavy (non-hydrogen) atoms. The maximum Gasteiger partial charge on any atom is 0.274 e. The van der Waals surface area contributed by atoms with Gasteiger partial charge in [0.15, 0.2) is 5.69 Å². The molecule has 3 fully saturated rings. The Hall–Kier alpha value is -3.64. The van der Waals surface area contributed by atoms with E-state index in [0.29, 0.717) is 29.7 Å². The molecule has 2 aliphatic carbocycles. The third kappa shape index (κ3) is 3.35. The lowest BCUT2D eigenvalue weighted by Crippen LogP contribution is -2.56. The van der Waals surface area contributed by atoms with Gasteiger partial charge in [-0.2, -0.15) is 0 Å². The predicted molar refractivity (Wildman–Crippen MR) is 117 cm³/mol. The molecule has 4 N–H and O–H groups in total. The third-order valence-corrected chi connectivity index (χ3v) is 7.82. The molecule has 2 bridgehead atoms. The lowest BCUT2D eigenvalue weighted by molar-refractivity contribution is -0.136. The van der Waals surface area contributed by atoms with E-state index in [1.807, 2.05) is 0 Å². The van der Waals surface area contributed by atoms with E-state index >= 15 is 0 Å². The van der Waals surface area contributed by atoms with E-state index in [9.17, 15) is 29.4 Å². The van der Waals surface area contributed by atoms with E-state index in [0.717, 1.165) is 6.42 Å². The number of aromatic nitrogens is 3. The summed E-state index contributed by atoms with van der Waals surface area (Å²) in [6, 6.07) is 4.39. The summed E-state index contributed by atoms with van der Waals surface area (Å²) in [5, 5.41) is 33.7. The first-order valence-corrected chi connectivity index (χ1v) is 11.6. The van der Waals surface area contributed by atoms with Gasteiger partial charge in [-0.3, -0.25) is 24.5 Å². The fourth-order valence-electron chi connectivity index (χ4n) is 5.93. The Morgan fingerprint density at radius 2 is 2.03 bits per heavy atom. The fraction of sp³-hybridized carbons (Fsp3) is 0.478. The van der Waals surface area contributed by atoms with Gasteiger partial charge < -0.3 is 20.4 Å². The summed E-state index contributed by atoms with van der Waals surface area (Å²) in [7, 11) is 0. The molecule has 12 heteroatoms. The smallest absolute Gasteiger partial charge is 0.274 e. The second kappa shape index (κ2) is 7.68. The number of benzene rings is 1. The number of fused-ring (bicyclic) bond motifs is 3. The van der Waals surface area contributed by atoms with Crippen molar-refractivity contribution in [2.75, 3.05) is 0 Å². The van der Waals surface area contributed by atoms with Crippen LogP contribution in [-0.4, -0.2) is 77.5 Å². The standard InChI is InChI=1S/C23H24N6O6/c30-17-4-3-16(21(34)24-17)28-9-12-7-13(1-2-14(12)22(28)35)29-10-15(26-27-29)20(33)25-23-6-5-11(8-23)18(31)19(23)32/h1-2,7,10-11,16,18-19,31-32H,3-6,8-9H2,(H,25,33)(H,24,30,34)/t11?,16?,18-,19-,23?/m0/s1. The maximum absolute atomic E-state index is 12.9. The average molecular weight is 480 g/mol. The number of aliphatic hydroxyl groups is 2. The van der Waals surface area contributed by atoms with Crippen molar-refractivity contribution in [2.45, 2.75) is 62.4 Å². The number of carbonyl (C=O) groups is 4. The molecule has 0 spiro atoms. The first-order valence-electron chi connectivity index (χ1n) is 11.6. The maximum atomic E-state index is 12.9. The molecule has 4 amide bonds. The average Bonchev–Trinajstić information content (AvgIpc) is 3.59. The fourth-order valence-corrected chi connectivity index (χ4v) is 5.93. The highest BCUT2D eigenvalue weighted by atomic mass is 16.3. The molecule has 6 rings (SSSR count). The van der Waals surface area contributed by atoms with Crippen LogP contribution in [0.1, 0.15) is 58.5 Å². The number of rotatable bonds is 4. The Bertz CT molecular complexity index is 1270. The van der Waals surface area contributed by atoms with Gasteiger partial charge in [-0.25, -0.2) is 4.68 Å². The predicted octanol–water partition coefficient (Wildman–Crippen LogP) is -0.968. The number of hydrogen-bond donors (Lipinski definition) is 4. The van der Waals surface area contributed by atoms with Crippen molar-refractivity contribution >= 4 is 23.6 Å². The quantitative estimate of drug-likeness (QED) is 0.406. The zero-order valence-corrected chi connectivity index (χ0v) is 18.7. The van der Waals surface area contributed by atoms with Gasteiger partial charge in [-0.05, 0) is 55.4 Å². The lowest BCUT2D eigenvalue weighted by Gasteiger charge is -2.34. The van der Waals surface area contributed by atoms with Gasteiger partial charge in [-0.1, -0.05) is 5.21 Å². The van der Waals surface area contributed by atoms with Crippen LogP contribution in [0.25, 0.3) is 5.69 Å². The van der Waals surface area contributed by atoms with Gasteiger partial charge in [0.1, 0.15) is 12.1 Å². The Labute approximate surface area is 199 Å². The van der Waals surface area contributed by atoms with Gasteiger partial charge in [0.2, 0.25) is 11.8 Å². The van der Waals surface area contributed by atoms with Crippen molar-refractivity contribution in [3.05, 3.63) is 41.2 Å². The zero-order valence-electron chi connectivity index (χ0n) is 18.7. The second-order valence-electron chi connectivity index (χ2n) is 9.84. The number of nitrogens with zero attached hydrogens (tertiary/aromatic N) is 4. The first-order chi connectivity index (χ1) is 16.8. The number of amides is 4. The zero-order chi connectivity index (χ0) is 24.5. The molecular weight excluding hydrogens is 456 g/mol. The molecule has 3 heterocycles. The summed E-state index contributed by atoms with van der Waals surface area (Å²) in [5.74, 6) is -1.58. The van der Waals surface area contributed by atoms with Crippen LogP contribution in [0, 0.1) is 5.92 Å².